The Morgan fingerprint density at radius 1 is 0.792 bits per heavy atom. The first-order valence-corrected chi connectivity index (χ1v) is 9.69. The average Bonchev–Trinajstić information content (AvgIpc) is 2.59. The van der Waals surface area contributed by atoms with Gasteiger partial charge in [-0.05, 0) is 47.2 Å². The molecule has 0 bridgehead atoms. The zero-order valence-corrected chi connectivity index (χ0v) is 16.3. The molecule has 0 saturated carbocycles. The summed E-state index contributed by atoms with van der Waals surface area (Å²) in [6.07, 6.45) is 0.996. The van der Waals surface area contributed by atoms with E-state index in [0.717, 1.165) is 22.9 Å². The summed E-state index contributed by atoms with van der Waals surface area (Å²) in [5.41, 5.74) is 2.80. The van der Waals surface area contributed by atoms with Crippen LogP contribution in [-0.4, -0.2) is 22.2 Å². The fraction of sp³-hybridized carbons (Fsp3) is 0.333. The van der Waals surface area contributed by atoms with Crippen LogP contribution >= 0.6 is 31.9 Å². The number of halogens is 4. The van der Waals surface area contributed by atoms with Crippen LogP contribution in [0.5, 0.6) is 0 Å². The Hall–Kier alpha value is -0.820. The smallest absolute Gasteiger partial charge is 0.126 e. The van der Waals surface area contributed by atoms with Crippen LogP contribution in [0.2, 0.25) is 0 Å². The van der Waals surface area contributed by atoms with E-state index in [1.54, 1.807) is 18.2 Å². The van der Waals surface area contributed by atoms with E-state index in [1.165, 1.54) is 12.1 Å². The van der Waals surface area contributed by atoms with Gasteiger partial charge in [0.2, 0.25) is 0 Å². The molecule has 2 aromatic rings. The van der Waals surface area contributed by atoms with Gasteiger partial charge in [0.15, 0.2) is 0 Å². The topological polar surface area (TPSA) is 40.5 Å². The van der Waals surface area contributed by atoms with Gasteiger partial charge in [0.25, 0.3) is 0 Å². The number of aliphatic hydroxyl groups is 2. The highest BCUT2D eigenvalue weighted by atomic mass is 79.9. The van der Waals surface area contributed by atoms with Crippen molar-refractivity contribution in [1.29, 1.82) is 0 Å². The third-order valence-electron chi connectivity index (χ3n) is 3.45. The van der Waals surface area contributed by atoms with E-state index in [1.807, 2.05) is 6.07 Å². The van der Waals surface area contributed by atoms with Gasteiger partial charge in [-0.15, -0.1) is 0 Å². The van der Waals surface area contributed by atoms with Crippen LogP contribution in [0.15, 0.2) is 36.4 Å². The minimum Gasteiger partial charge on any atom is -0.396 e. The molecule has 2 rings (SSSR count). The molecule has 2 nitrogen and oxygen atoms in total. The number of aliphatic hydroxyl groups excluding tert-OH is 2. The normalized spacial score (nSPS) is 10.2. The molecule has 132 valence electrons. The molecule has 0 aromatic heterocycles. The van der Waals surface area contributed by atoms with Crippen molar-refractivity contribution in [3.05, 3.63) is 70.3 Å². The van der Waals surface area contributed by atoms with E-state index < -0.39 is 0 Å². The molecule has 0 aliphatic carbocycles. The second kappa shape index (κ2) is 11.7. The first-order valence-electron chi connectivity index (χ1n) is 7.45. The molecule has 24 heavy (non-hydrogen) atoms. The van der Waals surface area contributed by atoms with Crippen molar-refractivity contribution in [3.63, 3.8) is 0 Å². The Kier molecular flexibility index (Phi) is 10.3. The van der Waals surface area contributed by atoms with Crippen LogP contribution in [-0.2, 0) is 24.8 Å². The molecule has 6 heteroatoms. The Morgan fingerprint density at radius 2 is 1.33 bits per heavy atom. The van der Waals surface area contributed by atoms with Gasteiger partial charge >= 0.3 is 0 Å². The summed E-state index contributed by atoms with van der Waals surface area (Å²) in [6.45, 7) is -0.291. The lowest BCUT2D eigenvalue weighted by molar-refractivity contribution is 0.274. The first kappa shape index (κ1) is 21.2. The lowest BCUT2D eigenvalue weighted by Gasteiger charge is -2.05. The Balaban J connectivity index is 0.000000240. The summed E-state index contributed by atoms with van der Waals surface area (Å²) in [4.78, 5) is 0. The Bertz CT molecular complexity index is 581. The molecule has 2 N–H and O–H groups in total. The standard InChI is InChI=1S/C9H9Br2F.C9H11FO2/c10-5-4-8-7(6-11)2-1-3-9(8)12;10-9-3-1-2-7(6-12)8(9)4-5-11/h1-3H,4-6H2;1-3,11-12H,4-6H2. The van der Waals surface area contributed by atoms with Crippen LogP contribution in [0.25, 0.3) is 0 Å². The average molecular weight is 466 g/mol. The molecule has 0 aliphatic heterocycles. The van der Waals surface area contributed by atoms with E-state index in [-0.39, 0.29) is 31.3 Å². The fourth-order valence-electron chi connectivity index (χ4n) is 2.25. The molecule has 0 saturated heterocycles. The van der Waals surface area contributed by atoms with Crippen molar-refractivity contribution in [2.24, 2.45) is 0 Å². The number of benzene rings is 2. The quantitative estimate of drug-likeness (QED) is 0.616. The summed E-state index contributed by atoms with van der Waals surface area (Å²) in [7, 11) is 0. The highest BCUT2D eigenvalue weighted by molar-refractivity contribution is 9.09. The van der Waals surface area contributed by atoms with Crippen LogP contribution < -0.4 is 0 Å². The maximum atomic E-state index is 13.2. The third kappa shape index (κ3) is 6.24. The summed E-state index contributed by atoms with van der Waals surface area (Å²) < 4.78 is 26.2. The Labute approximate surface area is 157 Å². The predicted molar refractivity (Wildman–Crippen MR) is 99.6 cm³/mol. The van der Waals surface area contributed by atoms with Crippen molar-refractivity contribution in [2.45, 2.75) is 24.8 Å². The van der Waals surface area contributed by atoms with E-state index >= 15 is 0 Å². The lowest BCUT2D eigenvalue weighted by atomic mass is 10.1. The molecular formula is C18H20Br2F2O2. The summed E-state index contributed by atoms with van der Waals surface area (Å²) in [5.74, 6) is -0.470. The van der Waals surface area contributed by atoms with Gasteiger partial charge in [0.05, 0.1) is 6.61 Å². The monoisotopic (exact) mass is 464 g/mol. The van der Waals surface area contributed by atoms with Gasteiger partial charge < -0.3 is 10.2 Å². The van der Waals surface area contributed by atoms with Gasteiger partial charge in [-0.3, -0.25) is 0 Å². The number of hydrogen-bond donors (Lipinski definition) is 2. The van der Waals surface area contributed by atoms with Crippen molar-refractivity contribution in [1.82, 2.24) is 0 Å². The van der Waals surface area contributed by atoms with Crippen molar-refractivity contribution < 1.29 is 19.0 Å². The molecule has 0 atom stereocenters. The van der Waals surface area contributed by atoms with E-state index in [0.29, 0.717) is 16.5 Å². The van der Waals surface area contributed by atoms with Crippen LogP contribution in [0.4, 0.5) is 8.78 Å². The summed E-state index contributed by atoms with van der Waals surface area (Å²) in [5, 5.41) is 19.0. The number of alkyl halides is 2. The molecular weight excluding hydrogens is 446 g/mol. The summed E-state index contributed by atoms with van der Waals surface area (Å²) >= 11 is 6.63. The molecule has 0 spiro atoms. The number of rotatable bonds is 6. The molecule has 0 aliphatic rings. The maximum absolute atomic E-state index is 13.2. The van der Waals surface area contributed by atoms with Crippen LogP contribution in [0.3, 0.4) is 0 Å². The van der Waals surface area contributed by atoms with Crippen LogP contribution in [0.1, 0.15) is 22.3 Å². The first-order chi connectivity index (χ1) is 11.6. The van der Waals surface area contributed by atoms with Gasteiger partial charge in [-0.2, -0.15) is 0 Å². The highest BCUT2D eigenvalue weighted by Gasteiger charge is 2.06. The second-order valence-electron chi connectivity index (χ2n) is 4.96. The zero-order chi connectivity index (χ0) is 17.9. The second-order valence-corrected chi connectivity index (χ2v) is 6.31. The third-order valence-corrected chi connectivity index (χ3v) is 4.45. The van der Waals surface area contributed by atoms with Crippen LogP contribution in [0, 0.1) is 11.6 Å². The lowest BCUT2D eigenvalue weighted by Crippen LogP contribution is -2.00. The molecule has 0 amide bonds. The molecule has 0 heterocycles. The summed E-state index contributed by atoms with van der Waals surface area (Å²) in [6, 6.07) is 9.70. The SMILES string of the molecule is Fc1cccc(CBr)c1CCBr.OCCc1c(F)cccc1CO. The minimum atomic E-state index is -0.365. The largest absolute Gasteiger partial charge is 0.396 e. The zero-order valence-electron chi connectivity index (χ0n) is 13.1. The van der Waals surface area contributed by atoms with E-state index in [4.69, 9.17) is 10.2 Å². The molecule has 2 aromatic carbocycles. The van der Waals surface area contributed by atoms with Crippen molar-refractivity contribution >= 4 is 31.9 Å². The van der Waals surface area contributed by atoms with E-state index in [2.05, 4.69) is 31.9 Å². The highest BCUT2D eigenvalue weighted by Crippen LogP contribution is 2.17. The number of hydrogen-bond acceptors (Lipinski definition) is 2. The van der Waals surface area contributed by atoms with Crippen molar-refractivity contribution in [2.75, 3.05) is 11.9 Å². The van der Waals surface area contributed by atoms with Gasteiger partial charge in [-0.25, -0.2) is 8.78 Å². The fourth-order valence-corrected chi connectivity index (χ4v) is 3.17. The molecule has 0 unspecified atom stereocenters. The Morgan fingerprint density at radius 3 is 1.79 bits per heavy atom. The molecule has 0 fully saturated rings. The van der Waals surface area contributed by atoms with Crippen molar-refractivity contribution in [3.8, 4) is 0 Å². The van der Waals surface area contributed by atoms with Gasteiger partial charge in [-0.1, -0.05) is 56.1 Å². The molecule has 0 radical (unpaired) electrons. The van der Waals surface area contributed by atoms with E-state index in [9.17, 15) is 8.78 Å². The maximum Gasteiger partial charge on any atom is 0.126 e. The predicted octanol–water partition coefficient (Wildman–Crippen LogP) is 4.51. The minimum absolute atomic E-state index is 0.103. The van der Waals surface area contributed by atoms with Gasteiger partial charge in [0, 0.05) is 17.3 Å². The van der Waals surface area contributed by atoms with Gasteiger partial charge in [0.1, 0.15) is 11.6 Å².